The molecule has 0 aromatic heterocycles. The first kappa shape index (κ1) is 14.5. The first-order valence-corrected chi connectivity index (χ1v) is 7.80. The van der Waals surface area contributed by atoms with Gasteiger partial charge in [-0.05, 0) is 56.9 Å². The predicted molar refractivity (Wildman–Crippen MR) is 82.4 cm³/mol. The van der Waals surface area contributed by atoms with Crippen molar-refractivity contribution in [2.75, 3.05) is 20.1 Å². The monoisotopic (exact) mass is 260 g/mol. The minimum absolute atomic E-state index is 0.865. The van der Waals surface area contributed by atoms with Gasteiger partial charge < -0.3 is 5.32 Å². The molecule has 0 heterocycles. The van der Waals surface area contributed by atoms with Crippen LogP contribution in [0.5, 0.6) is 0 Å². The molecule has 1 aliphatic carbocycles. The fourth-order valence-corrected chi connectivity index (χ4v) is 2.63. The Kier molecular flexibility index (Phi) is 5.87. The van der Waals surface area contributed by atoms with Gasteiger partial charge in [-0.3, -0.25) is 4.90 Å². The lowest BCUT2D eigenvalue weighted by atomic mass is 10.0. The summed E-state index contributed by atoms with van der Waals surface area (Å²) in [5, 5.41) is 3.25. The summed E-state index contributed by atoms with van der Waals surface area (Å²) in [6.07, 6.45) is 6.57. The smallest absolute Gasteiger partial charge is 0.0239 e. The molecule has 2 nitrogen and oxygen atoms in total. The van der Waals surface area contributed by atoms with Crippen molar-refractivity contribution < 1.29 is 0 Å². The third-order valence-electron chi connectivity index (χ3n) is 4.00. The molecule has 0 amide bonds. The summed E-state index contributed by atoms with van der Waals surface area (Å²) in [5.74, 6) is 0. The highest BCUT2D eigenvalue weighted by Crippen LogP contribution is 2.29. The number of benzene rings is 1. The van der Waals surface area contributed by atoms with Gasteiger partial charge in [0.25, 0.3) is 0 Å². The first-order chi connectivity index (χ1) is 9.35. The van der Waals surface area contributed by atoms with Crippen molar-refractivity contribution >= 4 is 0 Å². The summed E-state index contributed by atoms with van der Waals surface area (Å²) < 4.78 is 0. The molecule has 0 spiro atoms. The number of rotatable bonds is 9. The molecule has 2 rings (SSSR count). The average molecular weight is 260 g/mol. The maximum absolute atomic E-state index is 3.25. The highest BCUT2D eigenvalue weighted by Gasteiger charge is 2.28. The third kappa shape index (κ3) is 4.63. The molecule has 19 heavy (non-hydrogen) atoms. The Morgan fingerprint density at radius 3 is 2.58 bits per heavy atom. The van der Waals surface area contributed by atoms with E-state index in [4.69, 9.17) is 0 Å². The van der Waals surface area contributed by atoms with Crippen LogP contribution in [-0.4, -0.2) is 31.1 Å². The molecule has 0 radical (unpaired) electrons. The van der Waals surface area contributed by atoms with Gasteiger partial charge in [-0.1, -0.05) is 37.6 Å². The molecule has 2 heteroatoms. The number of nitrogens with one attached hydrogen (secondary N) is 1. The van der Waals surface area contributed by atoms with E-state index in [1.54, 1.807) is 0 Å². The lowest BCUT2D eigenvalue weighted by Crippen LogP contribution is -2.27. The maximum atomic E-state index is 3.25. The standard InChI is InChI=1S/C17H28N2/c1-3-4-13-19(17-9-10-17)14-16-8-6-5-7-15(16)11-12-18-2/h5-8,17-18H,3-4,9-14H2,1-2H3. The van der Waals surface area contributed by atoms with Crippen molar-refractivity contribution in [3.8, 4) is 0 Å². The summed E-state index contributed by atoms with van der Waals surface area (Å²) in [7, 11) is 2.03. The Morgan fingerprint density at radius 1 is 1.21 bits per heavy atom. The van der Waals surface area contributed by atoms with E-state index in [2.05, 4.69) is 41.4 Å². The van der Waals surface area contributed by atoms with Gasteiger partial charge >= 0.3 is 0 Å². The van der Waals surface area contributed by atoms with Gasteiger partial charge in [-0.15, -0.1) is 0 Å². The van der Waals surface area contributed by atoms with E-state index in [-0.39, 0.29) is 0 Å². The molecule has 0 bridgehead atoms. The van der Waals surface area contributed by atoms with Crippen molar-refractivity contribution in [2.24, 2.45) is 0 Å². The van der Waals surface area contributed by atoms with Crippen molar-refractivity contribution in [3.63, 3.8) is 0 Å². The van der Waals surface area contributed by atoms with Gasteiger partial charge in [0.15, 0.2) is 0 Å². The summed E-state index contributed by atoms with van der Waals surface area (Å²) >= 11 is 0. The largest absolute Gasteiger partial charge is 0.319 e. The second-order valence-electron chi connectivity index (χ2n) is 5.68. The van der Waals surface area contributed by atoms with Crippen LogP contribution in [0.2, 0.25) is 0 Å². The Bertz CT molecular complexity index is 371. The van der Waals surface area contributed by atoms with Crippen LogP contribution in [0.4, 0.5) is 0 Å². The van der Waals surface area contributed by atoms with Crippen molar-refractivity contribution in [3.05, 3.63) is 35.4 Å². The fraction of sp³-hybridized carbons (Fsp3) is 0.647. The normalized spacial score (nSPS) is 15.1. The fourth-order valence-electron chi connectivity index (χ4n) is 2.63. The number of hydrogen-bond donors (Lipinski definition) is 1. The minimum atomic E-state index is 0.865. The van der Waals surface area contributed by atoms with Crippen LogP contribution in [-0.2, 0) is 13.0 Å². The van der Waals surface area contributed by atoms with Gasteiger partial charge in [-0.25, -0.2) is 0 Å². The van der Waals surface area contributed by atoms with Crippen LogP contribution in [0.3, 0.4) is 0 Å². The maximum Gasteiger partial charge on any atom is 0.0239 e. The van der Waals surface area contributed by atoms with Crippen LogP contribution in [0.15, 0.2) is 24.3 Å². The quantitative estimate of drug-likeness (QED) is 0.733. The van der Waals surface area contributed by atoms with Crippen molar-refractivity contribution in [2.45, 2.75) is 51.6 Å². The molecule has 1 aliphatic rings. The molecule has 1 fully saturated rings. The SMILES string of the molecule is CCCCN(Cc1ccccc1CCNC)C1CC1. The Hall–Kier alpha value is -0.860. The zero-order chi connectivity index (χ0) is 13.5. The van der Waals surface area contributed by atoms with Gasteiger partial charge in [0.05, 0.1) is 0 Å². The summed E-state index contributed by atoms with van der Waals surface area (Å²) in [5.41, 5.74) is 3.04. The van der Waals surface area contributed by atoms with E-state index in [9.17, 15) is 0 Å². The van der Waals surface area contributed by atoms with E-state index in [0.29, 0.717) is 0 Å². The topological polar surface area (TPSA) is 15.3 Å². The van der Waals surface area contributed by atoms with Crippen molar-refractivity contribution in [1.82, 2.24) is 10.2 Å². The van der Waals surface area contributed by atoms with Crippen LogP contribution in [0.25, 0.3) is 0 Å². The third-order valence-corrected chi connectivity index (χ3v) is 4.00. The number of nitrogens with zero attached hydrogens (tertiary/aromatic N) is 1. The van der Waals surface area contributed by atoms with Crippen LogP contribution < -0.4 is 5.32 Å². The highest BCUT2D eigenvalue weighted by atomic mass is 15.2. The second-order valence-corrected chi connectivity index (χ2v) is 5.68. The van der Waals surface area contributed by atoms with E-state index < -0.39 is 0 Å². The number of unbranched alkanes of at least 4 members (excludes halogenated alkanes) is 1. The molecular weight excluding hydrogens is 232 g/mol. The Labute approximate surface area is 118 Å². The molecular formula is C17H28N2. The molecule has 1 aromatic rings. The van der Waals surface area contributed by atoms with E-state index in [0.717, 1.165) is 25.6 Å². The lowest BCUT2D eigenvalue weighted by Gasteiger charge is -2.23. The molecule has 106 valence electrons. The van der Waals surface area contributed by atoms with Gasteiger partial charge in [-0.2, -0.15) is 0 Å². The van der Waals surface area contributed by atoms with E-state index in [1.807, 2.05) is 7.05 Å². The summed E-state index contributed by atoms with van der Waals surface area (Å²) in [6, 6.07) is 9.82. The molecule has 1 N–H and O–H groups in total. The molecule has 1 aromatic carbocycles. The van der Waals surface area contributed by atoms with Gasteiger partial charge in [0.2, 0.25) is 0 Å². The van der Waals surface area contributed by atoms with Gasteiger partial charge in [0.1, 0.15) is 0 Å². The highest BCUT2D eigenvalue weighted by molar-refractivity contribution is 5.27. The molecule has 0 aliphatic heterocycles. The zero-order valence-corrected chi connectivity index (χ0v) is 12.5. The first-order valence-electron chi connectivity index (χ1n) is 7.80. The zero-order valence-electron chi connectivity index (χ0n) is 12.5. The van der Waals surface area contributed by atoms with Crippen LogP contribution >= 0.6 is 0 Å². The Balaban J connectivity index is 1.98. The summed E-state index contributed by atoms with van der Waals surface area (Å²) in [6.45, 7) is 5.76. The summed E-state index contributed by atoms with van der Waals surface area (Å²) in [4.78, 5) is 2.70. The molecule has 0 saturated heterocycles. The van der Waals surface area contributed by atoms with E-state index >= 15 is 0 Å². The predicted octanol–water partition coefficient (Wildman–Crippen LogP) is 3.21. The van der Waals surface area contributed by atoms with Crippen molar-refractivity contribution in [1.29, 1.82) is 0 Å². The second kappa shape index (κ2) is 7.66. The average Bonchev–Trinajstić information content (AvgIpc) is 3.26. The number of hydrogen-bond acceptors (Lipinski definition) is 2. The molecule has 0 atom stereocenters. The van der Waals surface area contributed by atoms with Crippen LogP contribution in [0, 0.1) is 0 Å². The van der Waals surface area contributed by atoms with E-state index in [1.165, 1.54) is 43.4 Å². The minimum Gasteiger partial charge on any atom is -0.319 e. The molecule has 0 unspecified atom stereocenters. The molecule has 1 saturated carbocycles. The van der Waals surface area contributed by atoms with Crippen LogP contribution in [0.1, 0.15) is 43.7 Å². The Morgan fingerprint density at radius 2 is 1.95 bits per heavy atom. The van der Waals surface area contributed by atoms with Gasteiger partial charge in [0, 0.05) is 12.6 Å². The number of likely N-dealkylation sites (N-methyl/N-ethyl adjacent to an activating group) is 1. The lowest BCUT2D eigenvalue weighted by molar-refractivity contribution is 0.250.